The van der Waals surface area contributed by atoms with Gasteiger partial charge in [0.1, 0.15) is 0 Å². The first-order valence-electron chi connectivity index (χ1n) is 9.71. The number of nitrogens with zero attached hydrogens (tertiary/aromatic N) is 1. The standard InChI is InChI=1S/C24H23NO2S/c1-28-20-6-2-4-17(11-20)21-7-3-5-16-10-18(8-9-22(16)21)23(27)25-13-19-12-24(19,14-25)15-26/h2-11,19,26H,12-15H2,1H3/t19-,24+/m1/s1. The Morgan fingerprint density at radius 2 is 2.04 bits per heavy atom. The molecule has 1 saturated heterocycles. The number of piperidine rings is 1. The van der Waals surface area contributed by atoms with Gasteiger partial charge in [0.15, 0.2) is 0 Å². The zero-order chi connectivity index (χ0) is 19.3. The highest BCUT2D eigenvalue weighted by Crippen LogP contribution is 2.57. The van der Waals surface area contributed by atoms with Gasteiger partial charge in [0.25, 0.3) is 5.91 Å². The van der Waals surface area contributed by atoms with Crippen molar-refractivity contribution in [1.29, 1.82) is 0 Å². The molecule has 0 unspecified atom stereocenters. The van der Waals surface area contributed by atoms with E-state index in [-0.39, 0.29) is 17.9 Å². The largest absolute Gasteiger partial charge is 0.396 e. The van der Waals surface area contributed by atoms with Gasteiger partial charge < -0.3 is 10.0 Å². The van der Waals surface area contributed by atoms with E-state index in [1.807, 2.05) is 17.0 Å². The Kier molecular flexibility index (Phi) is 4.22. The summed E-state index contributed by atoms with van der Waals surface area (Å²) in [6, 6.07) is 20.9. The molecule has 5 rings (SSSR count). The summed E-state index contributed by atoms with van der Waals surface area (Å²) in [5.74, 6) is 0.564. The summed E-state index contributed by atoms with van der Waals surface area (Å²) in [5, 5.41) is 11.9. The van der Waals surface area contributed by atoms with Gasteiger partial charge >= 0.3 is 0 Å². The van der Waals surface area contributed by atoms with Crippen LogP contribution >= 0.6 is 11.8 Å². The van der Waals surface area contributed by atoms with Gasteiger partial charge in [-0.15, -0.1) is 11.8 Å². The highest BCUT2D eigenvalue weighted by atomic mass is 32.2. The number of likely N-dealkylation sites (tertiary alicyclic amines) is 1. The number of carbonyl (C=O) groups excluding carboxylic acids is 1. The van der Waals surface area contributed by atoms with Crippen molar-refractivity contribution in [3.63, 3.8) is 0 Å². The maximum atomic E-state index is 13.0. The molecule has 1 aliphatic heterocycles. The highest BCUT2D eigenvalue weighted by Gasteiger charge is 2.60. The molecule has 3 nitrogen and oxygen atoms in total. The summed E-state index contributed by atoms with van der Waals surface area (Å²) < 4.78 is 0. The Morgan fingerprint density at radius 3 is 2.82 bits per heavy atom. The van der Waals surface area contributed by atoms with Crippen LogP contribution in [0.4, 0.5) is 0 Å². The minimum Gasteiger partial charge on any atom is -0.396 e. The van der Waals surface area contributed by atoms with Gasteiger partial charge in [0, 0.05) is 29.0 Å². The number of thioether (sulfide) groups is 1. The van der Waals surface area contributed by atoms with E-state index in [9.17, 15) is 9.90 Å². The number of fused-ring (bicyclic) bond motifs is 2. The molecule has 1 N–H and O–H groups in total. The maximum Gasteiger partial charge on any atom is 0.253 e. The quantitative estimate of drug-likeness (QED) is 0.659. The van der Waals surface area contributed by atoms with Gasteiger partial charge in [0.05, 0.1) is 6.61 Å². The Balaban J connectivity index is 1.48. The van der Waals surface area contributed by atoms with Crippen LogP contribution in [0.5, 0.6) is 0 Å². The van der Waals surface area contributed by atoms with Crippen molar-refractivity contribution in [1.82, 2.24) is 4.90 Å². The minimum absolute atomic E-state index is 0.0119. The predicted molar refractivity (Wildman–Crippen MR) is 115 cm³/mol. The van der Waals surface area contributed by atoms with Crippen LogP contribution in [0.2, 0.25) is 0 Å². The number of amides is 1. The normalized spacial score (nSPS) is 23.1. The summed E-state index contributed by atoms with van der Waals surface area (Å²) >= 11 is 1.74. The van der Waals surface area contributed by atoms with Crippen LogP contribution in [0.1, 0.15) is 16.8 Å². The molecule has 0 bridgehead atoms. The fraction of sp³-hybridized carbons (Fsp3) is 0.292. The van der Waals surface area contributed by atoms with Crippen molar-refractivity contribution >= 4 is 28.4 Å². The molecule has 1 heterocycles. The summed E-state index contributed by atoms with van der Waals surface area (Å²) in [7, 11) is 0. The third kappa shape index (κ3) is 2.83. The zero-order valence-electron chi connectivity index (χ0n) is 15.9. The molecule has 2 fully saturated rings. The van der Waals surface area contributed by atoms with Gasteiger partial charge in [-0.05, 0) is 64.8 Å². The van der Waals surface area contributed by atoms with Crippen LogP contribution < -0.4 is 0 Å². The van der Waals surface area contributed by atoms with E-state index in [2.05, 4.69) is 54.8 Å². The third-order valence-electron chi connectivity index (χ3n) is 6.42. The lowest BCUT2D eigenvalue weighted by molar-refractivity contribution is 0.0751. The molecule has 3 aromatic rings. The van der Waals surface area contributed by atoms with Crippen molar-refractivity contribution in [3.8, 4) is 11.1 Å². The zero-order valence-corrected chi connectivity index (χ0v) is 16.7. The van der Waals surface area contributed by atoms with E-state index < -0.39 is 0 Å². The summed E-state index contributed by atoms with van der Waals surface area (Å²) in [6.07, 6.45) is 3.15. The van der Waals surface area contributed by atoms with Crippen molar-refractivity contribution in [2.75, 3.05) is 26.0 Å². The first-order valence-corrected chi connectivity index (χ1v) is 10.9. The lowest BCUT2D eigenvalue weighted by Crippen LogP contribution is -2.32. The Bertz CT molecular complexity index is 1080. The molecule has 2 aliphatic rings. The average Bonchev–Trinajstić information content (AvgIpc) is 3.32. The van der Waals surface area contributed by atoms with E-state index in [4.69, 9.17) is 0 Å². The van der Waals surface area contributed by atoms with E-state index in [0.717, 1.165) is 29.3 Å². The lowest BCUT2D eigenvalue weighted by atomic mass is 9.97. The van der Waals surface area contributed by atoms with Crippen molar-refractivity contribution < 1.29 is 9.90 Å². The van der Waals surface area contributed by atoms with Crippen LogP contribution in [0.3, 0.4) is 0 Å². The Hall–Kier alpha value is -2.30. The van der Waals surface area contributed by atoms with Crippen LogP contribution in [-0.4, -0.2) is 41.9 Å². The molecule has 3 aromatic carbocycles. The van der Waals surface area contributed by atoms with Crippen LogP contribution in [-0.2, 0) is 0 Å². The second-order valence-electron chi connectivity index (χ2n) is 8.08. The van der Waals surface area contributed by atoms with Gasteiger partial charge in [-0.3, -0.25) is 4.79 Å². The highest BCUT2D eigenvalue weighted by molar-refractivity contribution is 7.98. The number of benzene rings is 3. The van der Waals surface area contributed by atoms with E-state index in [0.29, 0.717) is 12.5 Å². The molecule has 1 saturated carbocycles. The topological polar surface area (TPSA) is 40.5 Å². The second-order valence-corrected chi connectivity index (χ2v) is 8.96. The number of carbonyl (C=O) groups is 1. The minimum atomic E-state index is -0.0119. The van der Waals surface area contributed by atoms with E-state index in [1.165, 1.54) is 16.0 Å². The number of aliphatic hydroxyl groups is 1. The Morgan fingerprint density at radius 1 is 1.18 bits per heavy atom. The molecule has 1 amide bonds. The lowest BCUT2D eigenvalue weighted by Gasteiger charge is -2.20. The first-order chi connectivity index (χ1) is 13.6. The molecule has 4 heteroatoms. The first kappa shape index (κ1) is 17.8. The summed E-state index contributed by atoms with van der Waals surface area (Å²) in [5.41, 5.74) is 3.11. The van der Waals surface area contributed by atoms with E-state index >= 15 is 0 Å². The predicted octanol–water partition coefficient (Wildman–Crippen LogP) is 4.68. The smallest absolute Gasteiger partial charge is 0.253 e. The van der Waals surface area contributed by atoms with Crippen LogP contribution in [0.15, 0.2) is 65.6 Å². The number of hydrogen-bond acceptors (Lipinski definition) is 3. The molecular formula is C24H23NO2S. The van der Waals surface area contributed by atoms with Gasteiger partial charge in [-0.1, -0.05) is 36.4 Å². The van der Waals surface area contributed by atoms with Crippen molar-refractivity contribution in [2.24, 2.45) is 11.3 Å². The number of hydrogen-bond donors (Lipinski definition) is 1. The fourth-order valence-electron chi connectivity index (χ4n) is 4.63. The molecule has 0 spiro atoms. The van der Waals surface area contributed by atoms with Crippen molar-refractivity contribution in [3.05, 3.63) is 66.2 Å². The monoisotopic (exact) mass is 389 g/mol. The summed E-state index contributed by atoms with van der Waals surface area (Å²) in [6.45, 7) is 1.66. The van der Waals surface area contributed by atoms with Crippen molar-refractivity contribution in [2.45, 2.75) is 11.3 Å². The number of rotatable bonds is 4. The molecule has 142 valence electrons. The SMILES string of the molecule is CSc1cccc(-c2cccc3cc(C(=O)N4C[C@H]5C[C@@]5(CO)C4)ccc23)c1. The summed E-state index contributed by atoms with van der Waals surface area (Å²) in [4.78, 5) is 16.2. The number of aliphatic hydroxyl groups excluding tert-OH is 1. The van der Waals surface area contributed by atoms with Crippen LogP contribution in [0.25, 0.3) is 21.9 Å². The molecule has 2 atom stereocenters. The molecule has 1 aliphatic carbocycles. The van der Waals surface area contributed by atoms with E-state index in [1.54, 1.807) is 11.8 Å². The third-order valence-corrected chi connectivity index (χ3v) is 7.14. The van der Waals surface area contributed by atoms with Gasteiger partial charge in [0.2, 0.25) is 0 Å². The Labute approximate surface area is 169 Å². The van der Waals surface area contributed by atoms with Gasteiger partial charge in [-0.2, -0.15) is 0 Å². The molecule has 0 radical (unpaired) electrons. The molecule has 0 aromatic heterocycles. The average molecular weight is 390 g/mol. The van der Waals surface area contributed by atoms with Crippen LogP contribution in [0, 0.1) is 11.3 Å². The molecule has 28 heavy (non-hydrogen) atoms. The van der Waals surface area contributed by atoms with Gasteiger partial charge in [-0.25, -0.2) is 0 Å². The maximum absolute atomic E-state index is 13.0. The fourth-order valence-corrected chi connectivity index (χ4v) is 5.09. The second kappa shape index (κ2) is 6.64. The molecular weight excluding hydrogens is 366 g/mol.